The molecule has 0 saturated carbocycles. The van der Waals surface area contributed by atoms with Crippen LogP contribution in [0.5, 0.6) is 5.75 Å². The summed E-state index contributed by atoms with van der Waals surface area (Å²) in [6.07, 6.45) is 8.00. The molecule has 1 fully saturated rings. The Morgan fingerprint density at radius 2 is 1.93 bits per heavy atom. The second-order valence-electron chi connectivity index (χ2n) is 8.58. The van der Waals surface area contributed by atoms with Gasteiger partial charge in [-0.25, -0.2) is 0 Å². The Hall–Kier alpha value is -2.07. The van der Waals surface area contributed by atoms with E-state index in [4.69, 9.17) is 9.57 Å². The molecule has 1 saturated heterocycles. The minimum absolute atomic E-state index is 0.0353. The number of nitrogens with zero attached hydrogens (tertiary/aromatic N) is 2. The maximum absolute atomic E-state index is 5.71. The molecule has 0 N–H and O–H groups in total. The van der Waals surface area contributed by atoms with Gasteiger partial charge in [-0.3, -0.25) is 4.90 Å². The van der Waals surface area contributed by atoms with Gasteiger partial charge in [0.1, 0.15) is 12.4 Å². The number of piperidine rings is 1. The van der Waals surface area contributed by atoms with Gasteiger partial charge in [0, 0.05) is 18.5 Å². The molecule has 1 aromatic rings. The van der Waals surface area contributed by atoms with Crippen LogP contribution in [0, 0.1) is 5.41 Å². The first kappa shape index (κ1) is 20.7. The largest absolute Gasteiger partial charge is 0.496 e. The summed E-state index contributed by atoms with van der Waals surface area (Å²) in [5.41, 5.74) is 4.38. The normalized spacial score (nSPS) is 21.2. The van der Waals surface area contributed by atoms with Gasteiger partial charge in [-0.2, -0.15) is 0 Å². The van der Waals surface area contributed by atoms with Gasteiger partial charge in [0.25, 0.3) is 0 Å². The van der Waals surface area contributed by atoms with Crippen molar-refractivity contribution in [2.75, 3.05) is 33.4 Å². The van der Waals surface area contributed by atoms with Crippen molar-refractivity contribution in [1.82, 2.24) is 4.90 Å². The van der Waals surface area contributed by atoms with Crippen LogP contribution in [0.3, 0.4) is 0 Å². The summed E-state index contributed by atoms with van der Waals surface area (Å²) in [7, 11) is 1.70. The molecule has 0 unspecified atom stereocenters. The van der Waals surface area contributed by atoms with Gasteiger partial charge in [0.2, 0.25) is 0 Å². The van der Waals surface area contributed by atoms with E-state index in [1.807, 2.05) is 18.2 Å². The van der Waals surface area contributed by atoms with Gasteiger partial charge in [0.05, 0.1) is 12.8 Å². The van der Waals surface area contributed by atoms with E-state index in [-0.39, 0.29) is 5.41 Å². The Labute approximate surface area is 169 Å². The summed E-state index contributed by atoms with van der Waals surface area (Å²) in [5.74, 6) is 0.855. The van der Waals surface area contributed by atoms with E-state index >= 15 is 0 Å². The van der Waals surface area contributed by atoms with Gasteiger partial charge in [-0.05, 0) is 55.0 Å². The Kier molecular flexibility index (Phi) is 6.95. The number of ether oxygens (including phenoxy) is 1. The van der Waals surface area contributed by atoms with Crippen molar-refractivity contribution in [1.29, 1.82) is 0 Å². The predicted molar refractivity (Wildman–Crippen MR) is 117 cm³/mol. The second-order valence-corrected chi connectivity index (χ2v) is 8.58. The number of para-hydroxylation sites is 1. The molecule has 2 aliphatic rings. The molecule has 0 atom stereocenters. The maximum Gasteiger partial charge on any atom is 0.129 e. The number of methoxy groups -OCH3 is 1. The number of hydrogen-bond donors (Lipinski definition) is 0. The van der Waals surface area contributed by atoms with E-state index in [1.165, 1.54) is 37.9 Å². The van der Waals surface area contributed by atoms with Gasteiger partial charge in [-0.15, -0.1) is 0 Å². The van der Waals surface area contributed by atoms with Crippen LogP contribution >= 0.6 is 0 Å². The molecule has 0 aromatic heterocycles. The minimum atomic E-state index is 0.0353. The fourth-order valence-corrected chi connectivity index (χ4v) is 4.20. The molecule has 28 heavy (non-hydrogen) atoms. The molecule has 0 radical (unpaired) electrons. The Balaban J connectivity index is 1.64. The summed E-state index contributed by atoms with van der Waals surface area (Å²) < 4.78 is 5.53. The zero-order chi connectivity index (χ0) is 20.0. The van der Waals surface area contributed by atoms with Crippen molar-refractivity contribution < 1.29 is 9.57 Å². The molecule has 152 valence electrons. The summed E-state index contributed by atoms with van der Waals surface area (Å²) in [6.45, 7) is 12.9. The molecule has 1 heterocycles. The van der Waals surface area contributed by atoms with Crippen molar-refractivity contribution in [2.24, 2.45) is 10.6 Å². The van der Waals surface area contributed by atoms with E-state index in [2.05, 4.69) is 42.6 Å². The van der Waals surface area contributed by atoms with E-state index in [0.29, 0.717) is 6.61 Å². The number of allylic oxidation sites excluding steroid dienone is 3. The Morgan fingerprint density at radius 1 is 1.18 bits per heavy atom. The highest BCUT2D eigenvalue weighted by atomic mass is 16.6. The van der Waals surface area contributed by atoms with Gasteiger partial charge < -0.3 is 9.57 Å². The Morgan fingerprint density at radius 3 is 2.68 bits per heavy atom. The monoisotopic (exact) mass is 382 g/mol. The van der Waals surface area contributed by atoms with E-state index < -0.39 is 0 Å². The molecule has 1 aromatic carbocycles. The number of rotatable bonds is 7. The molecule has 0 bridgehead atoms. The smallest absolute Gasteiger partial charge is 0.129 e. The molecule has 4 nitrogen and oxygen atoms in total. The summed E-state index contributed by atoms with van der Waals surface area (Å²) >= 11 is 0. The van der Waals surface area contributed by atoms with Crippen LogP contribution < -0.4 is 4.74 Å². The van der Waals surface area contributed by atoms with Crippen LogP contribution in [0.2, 0.25) is 0 Å². The topological polar surface area (TPSA) is 34.1 Å². The van der Waals surface area contributed by atoms with Crippen molar-refractivity contribution in [3.05, 3.63) is 48.1 Å². The van der Waals surface area contributed by atoms with E-state index in [0.717, 1.165) is 42.0 Å². The van der Waals surface area contributed by atoms with Crippen LogP contribution in [0.25, 0.3) is 5.57 Å². The van der Waals surface area contributed by atoms with E-state index in [1.54, 1.807) is 7.11 Å². The quantitative estimate of drug-likeness (QED) is 0.473. The van der Waals surface area contributed by atoms with Gasteiger partial charge in [-0.1, -0.05) is 56.3 Å². The molecule has 3 rings (SSSR count). The molecule has 0 amide bonds. The zero-order valence-electron chi connectivity index (χ0n) is 17.7. The van der Waals surface area contributed by atoms with Crippen LogP contribution in [-0.2, 0) is 4.84 Å². The summed E-state index contributed by atoms with van der Waals surface area (Å²) in [5, 5.41) is 4.51. The lowest BCUT2D eigenvalue weighted by molar-refractivity contribution is 0.101. The van der Waals surface area contributed by atoms with E-state index in [9.17, 15) is 0 Å². The molecule has 1 aliphatic carbocycles. The first-order valence-corrected chi connectivity index (χ1v) is 10.4. The molecular formula is C24H34N2O2. The third kappa shape index (κ3) is 5.48. The van der Waals surface area contributed by atoms with Gasteiger partial charge >= 0.3 is 0 Å². The highest BCUT2D eigenvalue weighted by Gasteiger charge is 2.27. The van der Waals surface area contributed by atoms with Crippen molar-refractivity contribution >= 4 is 11.3 Å². The van der Waals surface area contributed by atoms with Crippen LogP contribution in [0.15, 0.2) is 47.6 Å². The number of likely N-dealkylation sites (tertiary alicyclic amines) is 1. The first-order valence-electron chi connectivity index (χ1n) is 10.4. The molecular weight excluding hydrogens is 348 g/mol. The van der Waals surface area contributed by atoms with Crippen LogP contribution in [0.1, 0.15) is 51.5 Å². The number of benzene rings is 1. The third-order valence-corrected chi connectivity index (χ3v) is 5.58. The van der Waals surface area contributed by atoms with Crippen LogP contribution in [0.4, 0.5) is 0 Å². The average Bonchev–Trinajstić information content (AvgIpc) is 2.70. The predicted octanol–water partition coefficient (Wildman–Crippen LogP) is 5.31. The van der Waals surface area contributed by atoms with Gasteiger partial charge in [0.15, 0.2) is 0 Å². The third-order valence-electron chi connectivity index (χ3n) is 5.58. The van der Waals surface area contributed by atoms with Crippen molar-refractivity contribution in [3.8, 4) is 5.75 Å². The molecule has 1 aliphatic heterocycles. The maximum atomic E-state index is 5.71. The highest BCUT2D eigenvalue weighted by molar-refractivity contribution is 5.94. The molecule has 4 heteroatoms. The fourth-order valence-electron chi connectivity index (χ4n) is 4.20. The lowest BCUT2D eigenvalue weighted by Crippen LogP contribution is -2.32. The first-order chi connectivity index (χ1) is 13.5. The summed E-state index contributed by atoms with van der Waals surface area (Å²) in [6, 6.07) is 8.05. The highest BCUT2D eigenvalue weighted by Crippen LogP contribution is 2.39. The lowest BCUT2D eigenvalue weighted by Gasteiger charge is -2.30. The SMILES string of the molecule is C=C(C1=CC(C)(C)C/C(=N\OCCN2CCCCC2)C1)c1ccccc1OC. The van der Waals surface area contributed by atoms with Crippen LogP contribution in [-0.4, -0.2) is 44.0 Å². The Bertz CT molecular complexity index is 743. The van der Waals surface area contributed by atoms with Crippen molar-refractivity contribution in [2.45, 2.75) is 46.0 Å². The fraction of sp³-hybridized carbons (Fsp3) is 0.542. The molecule has 0 spiro atoms. The second kappa shape index (κ2) is 9.42. The number of oxime groups is 1. The number of hydrogen-bond acceptors (Lipinski definition) is 4. The standard InChI is InChI=1S/C24H34N2O2/c1-19(22-10-6-7-11-23(22)27-4)20-16-21(18-24(2,3)17-20)25-28-15-14-26-12-8-5-9-13-26/h6-7,10-11,17H,1,5,8-9,12-16,18H2,2-4H3/b25-21-. The average molecular weight is 383 g/mol. The minimum Gasteiger partial charge on any atom is -0.496 e. The zero-order valence-corrected chi connectivity index (χ0v) is 17.7. The van der Waals surface area contributed by atoms with Crippen molar-refractivity contribution in [3.63, 3.8) is 0 Å². The summed E-state index contributed by atoms with van der Waals surface area (Å²) in [4.78, 5) is 8.19. The lowest BCUT2D eigenvalue weighted by atomic mass is 9.76.